The zero-order valence-electron chi connectivity index (χ0n) is 5.65. The lowest BCUT2D eigenvalue weighted by Gasteiger charge is -2.07. The molecule has 1 aliphatic rings. The molecule has 1 saturated heterocycles. The van der Waals surface area contributed by atoms with Gasteiger partial charge < -0.3 is 5.73 Å². The maximum Gasteiger partial charge on any atom is 0.0453 e. The minimum absolute atomic E-state index is 0.403. The average molecular weight is 114 g/mol. The second kappa shape index (κ2) is 1.71. The summed E-state index contributed by atoms with van der Waals surface area (Å²) in [5, 5.41) is 0. The zero-order valence-corrected chi connectivity index (χ0v) is 5.65. The Hall–Kier alpha value is -0.0800. The van der Waals surface area contributed by atoms with Crippen LogP contribution in [-0.2, 0) is 0 Å². The predicted molar refractivity (Wildman–Crippen MR) is 34.7 cm³/mol. The van der Waals surface area contributed by atoms with Crippen LogP contribution >= 0.6 is 0 Å². The van der Waals surface area contributed by atoms with Gasteiger partial charge in [-0.2, -0.15) is 0 Å². The molecule has 0 aromatic carbocycles. The van der Waals surface area contributed by atoms with Gasteiger partial charge in [0.25, 0.3) is 0 Å². The van der Waals surface area contributed by atoms with E-state index in [1.54, 1.807) is 0 Å². The zero-order chi connectivity index (χ0) is 6.20. The topological polar surface area (TPSA) is 29.0 Å². The summed E-state index contributed by atoms with van der Waals surface area (Å²) in [7, 11) is 2.12. The highest BCUT2D eigenvalue weighted by Crippen LogP contribution is 2.31. The molecule has 0 bridgehead atoms. The van der Waals surface area contributed by atoms with E-state index in [2.05, 4.69) is 18.9 Å². The summed E-state index contributed by atoms with van der Waals surface area (Å²) in [6.07, 6.45) is 1.19. The van der Waals surface area contributed by atoms with Gasteiger partial charge in [0.1, 0.15) is 0 Å². The summed E-state index contributed by atoms with van der Waals surface area (Å²) in [5.41, 5.74) is 5.93. The van der Waals surface area contributed by atoms with Crippen molar-refractivity contribution in [2.24, 2.45) is 5.73 Å². The van der Waals surface area contributed by atoms with Crippen LogP contribution in [0.15, 0.2) is 0 Å². The van der Waals surface area contributed by atoms with Crippen molar-refractivity contribution in [3.8, 4) is 0 Å². The molecular formula is C6H14N2. The smallest absolute Gasteiger partial charge is 0.0453 e. The molecule has 0 aromatic rings. The third-order valence-electron chi connectivity index (χ3n) is 2.28. The quantitative estimate of drug-likeness (QED) is 0.513. The second-order valence-electron chi connectivity index (χ2n) is 2.64. The summed E-state index contributed by atoms with van der Waals surface area (Å²) in [6.45, 7) is 4.20. The van der Waals surface area contributed by atoms with Gasteiger partial charge in [0.05, 0.1) is 0 Å². The Labute approximate surface area is 50.7 Å². The molecule has 1 rings (SSSR count). The molecule has 2 nitrogen and oxygen atoms in total. The van der Waals surface area contributed by atoms with Gasteiger partial charge in [0, 0.05) is 18.6 Å². The van der Waals surface area contributed by atoms with E-state index < -0.39 is 0 Å². The van der Waals surface area contributed by atoms with Crippen molar-refractivity contribution in [1.82, 2.24) is 4.90 Å². The molecule has 0 amide bonds. The van der Waals surface area contributed by atoms with Crippen molar-refractivity contribution in [3.05, 3.63) is 0 Å². The molecule has 2 unspecified atom stereocenters. The van der Waals surface area contributed by atoms with E-state index in [1.807, 2.05) is 0 Å². The van der Waals surface area contributed by atoms with Crippen LogP contribution in [0.4, 0.5) is 0 Å². The highest BCUT2D eigenvalue weighted by atomic mass is 15.3. The Kier molecular flexibility index (Phi) is 1.29. The molecule has 1 aliphatic heterocycles. The van der Waals surface area contributed by atoms with Crippen LogP contribution in [-0.4, -0.2) is 30.6 Å². The molecule has 0 radical (unpaired) electrons. The fourth-order valence-corrected chi connectivity index (χ4v) is 1.15. The van der Waals surface area contributed by atoms with Gasteiger partial charge >= 0.3 is 0 Å². The number of nitrogens with zero attached hydrogens (tertiary/aromatic N) is 1. The van der Waals surface area contributed by atoms with Gasteiger partial charge in [-0.25, -0.2) is 0 Å². The Bertz CT molecular complexity index is 81.0. The predicted octanol–water partition coefficient (Wildman–Crippen LogP) is 0.0393. The van der Waals surface area contributed by atoms with Crippen molar-refractivity contribution < 1.29 is 0 Å². The molecule has 1 heterocycles. The molecule has 0 saturated carbocycles. The van der Waals surface area contributed by atoms with E-state index in [4.69, 9.17) is 5.73 Å². The molecule has 48 valence electrons. The molecule has 1 fully saturated rings. The van der Waals surface area contributed by atoms with Crippen LogP contribution in [0.1, 0.15) is 13.3 Å². The molecule has 0 spiro atoms. The van der Waals surface area contributed by atoms with E-state index in [0.717, 1.165) is 6.54 Å². The standard InChI is InChI=1S/C6H14N2/c1-3-6(4-7)5-8(6)2/h3-5,7H2,1-2H3. The van der Waals surface area contributed by atoms with Crippen molar-refractivity contribution in [3.63, 3.8) is 0 Å². The van der Waals surface area contributed by atoms with Gasteiger partial charge in [-0.15, -0.1) is 0 Å². The fraction of sp³-hybridized carbons (Fsp3) is 1.00. The van der Waals surface area contributed by atoms with Crippen molar-refractivity contribution in [2.75, 3.05) is 20.1 Å². The third-order valence-corrected chi connectivity index (χ3v) is 2.28. The first-order valence-electron chi connectivity index (χ1n) is 3.16. The second-order valence-corrected chi connectivity index (χ2v) is 2.64. The minimum atomic E-state index is 0.403. The fourth-order valence-electron chi connectivity index (χ4n) is 1.15. The number of nitrogens with two attached hydrogens (primary N) is 1. The Morgan fingerprint density at radius 3 is 2.25 bits per heavy atom. The van der Waals surface area contributed by atoms with Gasteiger partial charge in [0.15, 0.2) is 0 Å². The lowest BCUT2D eigenvalue weighted by Crippen LogP contribution is -2.26. The summed E-state index contributed by atoms with van der Waals surface area (Å²) in [4.78, 5) is 2.30. The first-order valence-corrected chi connectivity index (χ1v) is 3.16. The van der Waals surface area contributed by atoms with E-state index >= 15 is 0 Å². The summed E-state index contributed by atoms with van der Waals surface area (Å²) < 4.78 is 0. The van der Waals surface area contributed by atoms with Crippen molar-refractivity contribution in [1.29, 1.82) is 0 Å². The average Bonchev–Trinajstić information content (AvgIpc) is 2.43. The van der Waals surface area contributed by atoms with E-state index in [-0.39, 0.29) is 0 Å². The van der Waals surface area contributed by atoms with Gasteiger partial charge in [0.2, 0.25) is 0 Å². The van der Waals surface area contributed by atoms with Crippen LogP contribution in [0.2, 0.25) is 0 Å². The van der Waals surface area contributed by atoms with Crippen LogP contribution < -0.4 is 5.73 Å². The minimum Gasteiger partial charge on any atom is -0.329 e. The molecule has 2 N–H and O–H groups in total. The van der Waals surface area contributed by atoms with Crippen LogP contribution in [0.3, 0.4) is 0 Å². The summed E-state index contributed by atoms with van der Waals surface area (Å²) >= 11 is 0. The molecule has 8 heavy (non-hydrogen) atoms. The highest BCUT2D eigenvalue weighted by Gasteiger charge is 2.45. The Balaban J connectivity index is 2.39. The highest BCUT2D eigenvalue weighted by molar-refractivity contribution is 5.04. The SMILES string of the molecule is CCC1(CN)CN1C. The van der Waals surface area contributed by atoms with Crippen molar-refractivity contribution >= 4 is 0 Å². The normalized spacial score (nSPS) is 44.6. The van der Waals surface area contributed by atoms with Crippen molar-refractivity contribution in [2.45, 2.75) is 18.9 Å². The summed E-state index contributed by atoms with van der Waals surface area (Å²) in [5.74, 6) is 0. The molecule has 0 aliphatic carbocycles. The summed E-state index contributed by atoms with van der Waals surface area (Å²) in [6, 6.07) is 0. The lowest BCUT2D eigenvalue weighted by molar-refractivity contribution is 0.458. The van der Waals surface area contributed by atoms with Gasteiger partial charge in [-0.05, 0) is 13.5 Å². The maximum absolute atomic E-state index is 5.53. The maximum atomic E-state index is 5.53. The number of rotatable bonds is 2. The molecule has 2 heteroatoms. The van der Waals surface area contributed by atoms with Crippen LogP contribution in [0.5, 0.6) is 0 Å². The number of hydrogen-bond acceptors (Lipinski definition) is 2. The largest absolute Gasteiger partial charge is 0.329 e. The first-order chi connectivity index (χ1) is 3.75. The molecular weight excluding hydrogens is 100 g/mol. The van der Waals surface area contributed by atoms with E-state index in [1.165, 1.54) is 13.0 Å². The number of likely N-dealkylation sites (N-methyl/N-ethyl adjacent to an activating group) is 1. The first kappa shape index (κ1) is 6.05. The third kappa shape index (κ3) is 0.644. The van der Waals surface area contributed by atoms with E-state index in [9.17, 15) is 0 Å². The van der Waals surface area contributed by atoms with Crippen LogP contribution in [0.25, 0.3) is 0 Å². The Morgan fingerprint density at radius 2 is 2.25 bits per heavy atom. The number of hydrogen-bond donors (Lipinski definition) is 1. The Morgan fingerprint density at radius 1 is 1.75 bits per heavy atom. The van der Waals surface area contributed by atoms with E-state index in [0.29, 0.717) is 5.54 Å². The lowest BCUT2D eigenvalue weighted by atomic mass is 10.1. The molecule has 0 aromatic heterocycles. The monoisotopic (exact) mass is 114 g/mol. The van der Waals surface area contributed by atoms with Crippen LogP contribution in [0, 0.1) is 0 Å². The molecule has 2 atom stereocenters. The van der Waals surface area contributed by atoms with Gasteiger partial charge in [-0.1, -0.05) is 6.92 Å². The van der Waals surface area contributed by atoms with Gasteiger partial charge in [-0.3, -0.25) is 4.90 Å².